The second kappa shape index (κ2) is 6.06. The van der Waals surface area contributed by atoms with Crippen LogP contribution in [0.1, 0.15) is 35.6 Å². The first kappa shape index (κ1) is 13.8. The van der Waals surface area contributed by atoms with Gasteiger partial charge in [-0.25, -0.2) is 0 Å². The number of nitro benzene ring substituents is 1. The van der Waals surface area contributed by atoms with Crippen molar-refractivity contribution in [2.45, 2.75) is 31.8 Å². The molecule has 3 rings (SSSR count). The average molecular weight is 283 g/mol. The van der Waals surface area contributed by atoms with E-state index in [1.165, 1.54) is 30.4 Å². The Bertz CT molecular complexity index is 637. The average Bonchev–Trinajstić information content (AvgIpc) is 2.53. The van der Waals surface area contributed by atoms with Crippen LogP contribution in [0.5, 0.6) is 0 Å². The summed E-state index contributed by atoms with van der Waals surface area (Å²) in [4.78, 5) is 10.3. The molecule has 2 N–H and O–H groups in total. The molecular weight excluding hydrogens is 264 g/mol. The lowest BCUT2D eigenvalue weighted by Gasteiger charge is -2.23. The maximum atomic E-state index is 10.7. The number of fused-ring (bicyclic) bond motifs is 1. The number of nitrogens with zero attached hydrogens (tertiary/aromatic N) is 1. The number of aryl methyl sites for hydroxylation is 1. The topological polar surface area (TPSA) is 59.8 Å². The SMILES string of the molecule is O=[N+]([O-])c1ccc(C[NH2+][C@@H]2CCCc3ccccc32)cc1. The summed E-state index contributed by atoms with van der Waals surface area (Å²) in [7, 11) is 0. The van der Waals surface area contributed by atoms with Gasteiger partial charge in [-0.3, -0.25) is 10.1 Å². The molecule has 4 nitrogen and oxygen atoms in total. The van der Waals surface area contributed by atoms with E-state index in [2.05, 4.69) is 29.6 Å². The van der Waals surface area contributed by atoms with Crippen molar-refractivity contribution in [1.82, 2.24) is 0 Å². The van der Waals surface area contributed by atoms with Gasteiger partial charge < -0.3 is 5.32 Å². The van der Waals surface area contributed by atoms with Gasteiger partial charge in [0.2, 0.25) is 0 Å². The highest BCUT2D eigenvalue weighted by atomic mass is 16.6. The van der Waals surface area contributed by atoms with Crippen LogP contribution in [0.15, 0.2) is 48.5 Å². The van der Waals surface area contributed by atoms with Crippen molar-refractivity contribution < 1.29 is 10.2 Å². The molecule has 2 aromatic rings. The van der Waals surface area contributed by atoms with Crippen molar-refractivity contribution in [3.05, 3.63) is 75.3 Å². The summed E-state index contributed by atoms with van der Waals surface area (Å²) in [5.74, 6) is 0. The van der Waals surface area contributed by atoms with E-state index in [0.717, 1.165) is 12.1 Å². The summed E-state index contributed by atoms with van der Waals surface area (Å²) in [5, 5.41) is 13.0. The fourth-order valence-electron chi connectivity index (χ4n) is 3.07. The zero-order valence-electron chi connectivity index (χ0n) is 11.9. The third kappa shape index (κ3) is 3.11. The highest BCUT2D eigenvalue weighted by molar-refractivity contribution is 5.33. The van der Waals surface area contributed by atoms with Crippen LogP contribution in [0.25, 0.3) is 0 Å². The van der Waals surface area contributed by atoms with E-state index in [1.54, 1.807) is 12.1 Å². The van der Waals surface area contributed by atoms with Gasteiger partial charge in [0.25, 0.3) is 5.69 Å². The summed E-state index contributed by atoms with van der Waals surface area (Å²) < 4.78 is 0. The predicted molar refractivity (Wildman–Crippen MR) is 80.8 cm³/mol. The van der Waals surface area contributed by atoms with Crippen LogP contribution in [0, 0.1) is 10.1 Å². The maximum Gasteiger partial charge on any atom is 0.269 e. The number of quaternary nitrogens is 1. The Labute approximate surface area is 124 Å². The fourth-order valence-corrected chi connectivity index (χ4v) is 3.07. The Morgan fingerprint density at radius 1 is 1.14 bits per heavy atom. The third-order valence-electron chi connectivity index (χ3n) is 4.20. The molecule has 2 aromatic carbocycles. The minimum atomic E-state index is -0.356. The third-order valence-corrected chi connectivity index (χ3v) is 4.20. The minimum Gasteiger partial charge on any atom is -0.336 e. The van der Waals surface area contributed by atoms with Crippen molar-refractivity contribution in [1.29, 1.82) is 0 Å². The number of hydrogen-bond acceptors (Lipinski definition) is 2. The molecule has 0 heterocycles. The minimum absolute atomic E-state index is 0.154. The molecule has 0 saturated carbocycles. The number of nitro groups is 1. The summed E-state index contributed by atoms with van der Waals surface area (Å²) in [6, 6.07) is 16.0. The molecule has 1 aliphatic carbocycles. The van der Waals surface area contributed by atoms with Gasteiger partial charge in [-0.2, -0.15) is 0 Å². The monoisotopic (exact) mass is 283 g/mol. The zero-order chi connectivity index (χ0) is 14.7. The Kier molecular flexibility index (Phi) is 3.97. The van der Waals surface area contributed by atoms with Crippen LogP contribution in [0.4, 0.5) is 5.69 Å². The van der Waals surface area contributed by atoms with E-state index in [9.17, 15) is 10.1 Å². The molecule has 0 radical (unpaired) electrons. The highest BCUT2D eigenvalue weighted by Gasteiger charge is 2.22. The first-order valence-corrected chi connectivity index (χ1v) is 7.38. The van der Waals surface area contributed by atoms with E-state index >= 15 is 0 Å². The van der Waals surface area contributed by atoms with E-state index < -0.39 is 0 Å². The van der Waals surface area contributed by atoms with Gasteiger partial charge in [0, 0.05) is 29.7 Å². The number of benzene rings is 2. The lowest BCUT2D eigenvalue weighted by molar-refractivity contribution is -0.712. The van der Waals surface area contributed by atoms with E-state index in [1.807, 2.05) is 12.1 Å². The van der Waals surface area contributed by atoms with Crippen molar-refractivity contribution in [2.75, 3.05) is 0 Å². The smallest absolute Gasteiger partial charge is 0.269 e. The molecular formula is C17H19N2O2+. The van der Waals surface area contributed by atoms with Crippen LogP contribution in [-0.4, -0.2) is 4.92 Å². The fraction of sp³-hybridized carbons (Fsp3) is 0.294. The number of rotatable bonds is 4. The van der Waals surface area contributed by atoms with Crippen molar-refractivity contribution in [3.8, 4) is 0 Å². The van der Waals surface area contributed by atoms with Gasteiger partial charge in [0.15, 0.2) is 0 Å². The molecule has 1 aliphatic rings. The normalized spacial score (nSPS) is 17.2. The number of hydrogen-bond donors (Lipinski definition) is 1. The Balaban J connectivity index is 1.67. The van der Waals surface area contributed by atoms with Gasteiger partial charge in [0.1, 0.15) is 12.6 Å². The molecule has 0 aliphatic heterocycles. The van der Waals surface area contributed by atoms with Gasteiger partial charge >= 0.3 is 0 Å². The quantitative estimate of drug-likeness (QED) is 0.693. The molecule has 21 heavy (non-hydrogen) atoms. The Morgan fingerprint density at radius 3 is 2.67 bits per heavy atom. The Morgan fingerprint density at radius 2 is 1.90 bits per heavy atom. The molecule has 0 spiro atoms. The van der Waals surface area contributed by atoms with Gasteiger partial charge in [-0.05, 0) is 30.5 Å². The molecule has 1 atom stereocenters. The standard InChI is InChI=1S/C17H18N2O2/c20-19(21)15-10-8-13(9-11-15)12-18-17-7-3-5-14-4-1-2-6-16(14)17/h1-2,4,6,8-11,17-18H,3,5,7,12H2/p+1/t17-/m1/s1. The van der Waals surface area contributed by atoms with Crippen LogP contribution in [0.3, 0.4) is 0 Å². The van der Waals surface area contributed by atoms with Gasteiger partial charge in [0.05, 0.1) is 4.92 Å². The van der Waals surface area contributed by atoms with Gasteiger partial charge in [-0.1, -0.05) is 24.3 Å². The summed E-state index contributed by atoms with van der Waals surface area (Å²) >= 11 is 0. The van der Waals surface area contributed by atoms with E-state index in [-0.39, 0.29) is 10.6 Å². The lowest BCUT2D eigenvalue weighted by Crippen LogP contribution is -2.84. The second-order valence-electron chi connectivity index (χ2n) is 5.56. The van der Waals surface area contributed by atoms with Crippen LogP contribution in [0.2, 0.25) is 0 Å². The summed E-state index contributed by atoms with van der Waals surface area (Å²) in [6.45, 7) is 0.858. The number of non-ortho nitro benzene ring substituents is 1. The van der Waals surface area contributed by atoms with Crippen LogP contribution < -0.4 is 5.32 Å². The van der Waals surface area contributed by atoms with Crippen molar-refractivity contribution >= 4 is 5.69 Å². The van der Waals surface area contributed by atoms with Crippen LogP contribution >= 0.6 is 0 Å². The zero-order valence-corrected chi connectivity index (χ0v) is 11.9. The molecule has 0 saturated heterocycles. The van der Waals surface area contributed by atoms with E-state index in [0.29, 0.717) is 6.04 Å². The summed E-state index contributed by atoms with van der Waals surface area (Å²) in [5.41, 5.74) is 4.20. The molecule has 0 bridgehead atoms. The van der Waals surface area contributed by atoms with E-state index in [4.69, 9.17) is 0 Å². The van der Waals surface area contributed by atoms with Crippen molar-refractivity contribution in [3.63, 3.8) is 0 Å². The Hall–Kier alpha value is -2.20. The van der Waals surface area contributed by atoms with Crippen molar-refractivity contribution in [2.24, 2.45) is 0 Å². The highest BCUT2D eigenvalue weighted by Crippen LogP contribution is 2.26. The molecule has 0 amide bonds. The summed E-state index contributed by atoms with van der Waals surface area (Å²) in [6.07, 6.45) is 3.61. The predicted octanol–water partition coefficient (Wildman–Crippen LogP) is 2.74. The molecule has 4 heteroatoms. The largest absolute Gasteiger partial charge is 0.336 e. The first-order valence-electron chi connectivity index (χ1n) is 7.38. The van der Waals surface area contributed by atoms with Crippen LogP contribution in [-0.2, 0) is 13.0 Å². The molecule has 0 fully saturated rings. The lowest BCUT2D eigenvalue weighted by atomic mass is 9.87. The maximum absolute atomic E-state index is 10.7. The molecule has 0 unspecified atom stereocenters. The molecule has 0 aromatic heterocycles. The van der Waals surface area contributed by atoms with Gasteiger partial charge in [-0.15, -0.1) is 0 Å². The second-order valence-corrected chi connectivity index (χ2v) is 5.56. The number of nitrogens with two attached hydrogens (primary N) is 1. The molecule has 108 valence electrons. The first-order chi connectivity index (χ1) is 10.2.